The van der Waals surface area contributed by atoms with Crippen LogP contribution in [0.5, 0.6) is 0 Å². The van der Waals surface area contributed by atoms with Crippen LogP contribution in [0.2, 0.25) is 0 Å². The number of halogens is 1. The van der Waals surface area contributed by atoms with E-state index in [1.54, 1.807) is 0 Å². The first-order chi connectivity index (χ1) is 7.25. The molecular weight excluding hydrogens is 201 g/mol. The van der Waals surface area contributed by atoms with Crippen LogP contribution in [0.25, 0.3) is 0 Å². The van der Waals surface area contributed by atoms with Crippen LogP contribution in [0, 0.1) is 5.82 Å². The molecule has 2 rings (SSSR count). The molecule has 0 bridgehead atoms. The van der Waals surface area contributed by atoms with Crippen LogP contribution in [0.4, 0.5) is 4.39 Å². The predicted molar refractivity (Wildman–Crippen MR) is 47.4 cm³/mol. The summed E-state index contributed by atoms with van der Waals surface area (Å²) in [6, 6.07) is 5.14. The summed E-state index contributed by atoms with van der Waals surface area (Å²) in [7, 11) is 0. The second kappa shape index (κ2) is 3.91. The third-order valence-electron chi connectivity index (χ3n) is 1.73. The van der Waals surface area contributed by atoms with Gasteiger partial charge in [-0.1, -0.05) is 0 Å². The van der Waals surface area contributed by atoms with E-state index >= 15 is 0 Å². The first-order valence-corrected chi connectivity index (χ1v) is 4.12. The molecule has 1 heterocycles. The normalized spacial score (nSPS) is 14.5. The lowest BCUT2D eigenvalue weighted by molar-refractivity contribution is 0.0939. The molecular formula is C8H6FN5O. The molecule has 0 aliphatic carbocycles. The molecule has 1 aromatic rings. The topological polar surface area (TPSA) is 78.5 Å². The molecule has 76 valence electrons. The summed E-state index contributed by atoms with van der Waals surface area (Å²) >= 11 is 0. The van der Waals surface area contributed by atoms with Gasteiger partial charge in [-0.05, 0) is 34.7 Å². The van der Waals surface area contributed by atoms with E-state index in [-0.39, 0.29) is 0 Å². The molecule has 1 N–H and O–H groups in total. The lowest BCUT2D eigenvalue weighted by Crippen LogP contribution is -2.30. The van der Waals surface area contributed by atoms with E-state index in [2.05, 4.69) is 26.0 Å². The minimum Gasteiger partial charge on any atom is -0.309 e. The highest BCUT2D eigenvalue weighted by atomic mass is 19.1. The first-order valence-electron chi connectivity index (χ1n) is 4.12. The number of amides is 1. The molecule has 0 aromatic heterocycles. The van der Waals surface area contributed by atoms with E-state index in [0.29, 0.717) is 5.56 Å². The Labute approximate surface area is 83.9 Å². The lowest BCUT2D eigenvalue weighted by Gasteiger charge is -2.04. The second-order valence-corrected chi connectivity index (χ2v) is 2.76. The number of nitrogens with zero attached hydrogens (tertiary/aromatic N) is 4. The van der Waals surface area contributed by atoms with Gasteiger partial charge in [0.2, 0.25) is 0 Å². The van der Waals surface area contributed by atoms with Crippen LogP contribution in [0.15, 0.2) is 44.9 Å². The summed E-state index contributed by atoms with van der Waals surface area (Å²) in [5.41, 5.74) is 0.328. The molecule has 0 unspecified atom stereocenters. The first kappa shape index (κ1) is 9.38. The summed E-state index contributed by atoms with van der Waals surface area (Å²) in [6.07, 6.45) is -0.775. The molecule has 1 aromatic carbocycles. The Balaban J connectivity index is 2.04. The Morgan fingerprint density at radius 1 is 1.20 bits per heavy atom. The van der Waals surface area contributed by atoms with Crippen molar-refractivity contribution in [2.45, 2.75) is 6.29 Å². The molecule has 1 aliphatic rings. The number of carbonyl (C=O) groups is 1. The van der Waals surface area contributed by atoms with Gasteiger partial charge in [-0.2, -0.15) is 0 Å². The van der Waals surface area contributed by atoms with E-state index in [1.165, 1.54) is 24.3 Å². The summed E-state index contributed by atoms with van der Waals surface area (Å²) in [4.78, 5) is 11.5. The summed E-state index contributed by atoms with van der Waals surface area (Å²) in [5.74, 6) is -0.799. The van der Waals surface area contributed by atoms with Crippen LogP contribution in [0.1, 0.15) is 10.4 Å². The van der Waals surface area contributed by atoms with E-state index in [4.69, 9.17) is 0 Å². The Hall–Kier alpha value is -2.18. The van der Waals surface area contributed by atoms with Crippen molar-refractivity contribution in [1.29, 1.82) is 0 Å². The van der Waals surface area contributed by atoms with E-state index in [0.717, 1.165) is 0 Å². The Morgan fingerprint density at radius 3 is 2.40 bits per heavy atom. The maximum Gasteiger partial charge on any atom is 0.258 e. The molecule has 0 saturated carbocycles. The standard InChI is InChI=1S/C8H6FN5O/c9-6-3-1-5(2-4-6)7(15)10-8-11-13-14-12-8/h1-4,8H,(H,10,15). The van der Waals surface area contributed by atoms with Crippen LogP contribution < -0.4 is 5.32 Å². The van der Waals surface area contributed by atoms with Gasteiger partial charge in [0.1, 0.15) is 5.82 Å². The summed E-state index contributed by atoms with van der Waals surface area (Å²) in [6.45, 7) is 0. The van der Waals surface area contributed by atoms with Crippen molar-refractivity contribution in [1.82, 2.24) is 5.32 Å². The molecule has 0 spiro atoms. The van der Waals surface area contributed by atoms with Gasteiger partial charge >= 0.3 is 0 Å². The fourth-order valence-electron chi connectivity index (χ4n) is 1.03. The highest BCUT2D eigenvalue weighted by molar-refractivity contribution is 5.94. The Kier molecular flexibility index (Phi) is 2.44. The second-order valence-electron chi connectivity index (χ2n) is 2.76. The number of carbonyl (C=O) groups excluding carboxylic acids is 1. The Bertz CT molecular complexity index is 415. The molecule has 1 amide bonds. The zero-order chi connectivity index (χ0) is 10.7. The van der Waals surface area contributed by atoms with Crippen molar-refractivity contribution in [3.8, 4) is 0 Å². The van der Waals surface area contributed by atoms with Crippen molar-refractivity contribution in [2.75, 3.05) is 0 Å². The molecule has 0 fully saturated rings. The number of nitrogens with one attached hydrogen (secondary N) is 1. The van der Waals surface area contributed by atoms with E-state index < -0.39 is 18.0 Å². The molecule has 1 aliphatic heterocycles. The molecule has 0 saturated heterocycles. The Morgan fingerprint density at radius 2 is 1.80 bits per heavy atom. The third kappa shape index (κ3) is 2.19. The van der Waals surface area contributed by atoms with Gasteiger partial charge in [-0.3, -0.25) is 4.79 Å². The van der Waals surface area contributed by atoms with Crippen LogP contribution in [-0.2, 0) is 0 Å². The van der Waals surface area contributed by atoms with E-state index in [9.17, 15) is 9.18 Å². The van der Waals surface area contributed by atoms with Crippen LogP contribution >= 0.6 is 0 Å². The largest absolute Gasteiger partial charge is 0.309 e. The molecule has 7 heteroatoms. The highest BCUT2D eigenvalue weighted by Crippen LogP contribution is 2.05. The van der Waals surface area contributed by atoms with Crippen molar-refractivity contribution >= 4 is 5.91 Å². The maximum atomic E-state index is 12.6. The van der Waals surface area contributed by atoms with Crippen molar-refractivity contribution < 1.29 is 9.18 Å². The highest BCUT2D eigenvalue weighted by Gasteiger charge is 2.14. The van der Waals surface area contributed by atoms with Gasteiger partial charge in [-0.15, -0.1) is 10.2 Å². The van der Waals surface area contributed by atoms with E-state index in [1.807, 2.05) is 0 Å². The quantitative estimate of drug-likeness (QED) is 0.786. The third-order valence-corrected chi connectivity index (χ3v) is 1.73. The van der Waals surface area contributed by atoms with Gasteiger partial charge in [0.05, 0.1) is 0 Å². The van der Waals surface area contributed by atoms with Crippen molar-refractivity contribution in [2.24, 2.45) is 20.7 Å². The number of hydrogen-bond acceptors (Lipinski definition) is 5. The minimum absolute atomic E-state index is 0.328. The zero-order valence-electron chi connectivity index (χ0n) is 7.46. The fourth-order valence-corrected chi connectivity index (χ4v) is 1.03. The van der Waals surface area contributed by atoms with Crippen molar-refractivity contribution in [3.05, 3.63) is 35.6 Å². The average Bonchev–Trinajstić information content (AvgIpc) is 2.71. The molecule has 0 atom stereocenters. The van der Waals surface area contributed by atoms with Gasteiger partial charge in [0.25, 0.3) is 12.2 Å². The van der Waals surface area contributed by atoms with Crippen molar-refractivity contribution in [3.63, 3.8) is 0 Å². The number of rotatable bonds is 2. The maximum absolute atomic E-state index is 12.6. The lowest BCUT2D eigenvalue weighted by atomic mass is 10.2. The summed E-state index contributed by atoms with van der Waals surface area (Å²) < 4.78 is 12.6. The van der Waals surface area contributed by atoms with Gasteiger partial charge in [0, 0.05) is 5.56 Å². The smallest absolute Gasteiger partial charge is 0.258 e. The molecule has 6 nitrogen and oxygen atoms in total. The summed E-state index contributed by atoms with van der Waals surface area (Å²) in [5, 5.41) is 15.9. The van der Waals surface area contributed by atoms with Gasteiger partial charge in [0.15, 0.2) is 0 Å². The SMILES string of the molecule is O=C(NC1N=NN=N1)c1ccc(F)cc1. The average molecular weight is 207 g/mol. The molecule has 0 radical (unpaired) electrons. The number of benzene rings is 1. The van der Waals surface area contributed by atoms with Gasteiger partial charge in [-0.25, -0.2) is 4.39 Å². The van der Waals surface area contributed by atoms with Gasteiger partial charge < -0.3 is 5.32 Å². The fraction of sp³-hybridized carbons (Fsp3) is 0.125. The predicted octanol–water partition coefficient (Wildman–Crippen LogP) is 1.67. The number of hydrogen-bond donors (Lipinski definition) is 1. The zero-order valence-corrected chi connectivity index (χ0v) is 7.46. The minimum atomic E-state index is -0.775. The van der Waals surface area contributed by atoms with Crippen LogP contribution in [-0.4, -0.2) is 12.2 Å². The molecule has 15 heavy (non-hydrogen) atoms. The van der Waals surface area contributed by atoms with Crippen LogP contribution in [0.3, 0.4) is 0 Å². The monoisotopic (exact) mass is 207 g/mol.